The van der Waals surface area contributed by atoms with Crippen LogP contribution in [0.2, 0.25) is 5.02 Å². The van der Waals surface area contributed by atoms with Crippen molar-refractivity contribution >= 4 is 17.3 Å². The van der Waals surface area contributed by atoms with Crippen LogP contribution in [0.4, 0.5) is 5.69 Å². The van der Waals surface area contributed by atoms with E-state index in [0.717, 1.165) is 42.9 Å². The largest absolute Gasteiger partial charge is 0.376 e. The van der Waals surface area contributed by atoms with Crippen molar-refractivity contribution in [2.75, 3.05) is 25.1 Å². The molecular weight excluding hydrogens is 284 g/mol. The number of hydrogen-bond acceptors (Lipinski definition) is 3. The van der Waals surface area contributed by atoms with Gasteiger partial charge in [0.05, 0.1) is 16.8 Å². The van der Waals surface area contributed by atoms with E-state index < -0.39 is 0 Å². The zero-order valence-electron chi connectivity index (χ0n) is 12.8. The maximum absolute atomic E-state index is 6.46. The molecule has 0 bridgehead atoms. The van der Waals surface area contributed by atoms with Gasteiger partial charge in [0.15, 0.2) is 0 Å². The summed E-state index contributed by atoms with van der Waals surface area (Å²) in [5.74, 6) is 0. The average molecular weight is 309 g/mol. The van der Waals surface area contributed by atoms with Crippen molar-refractivity contribution < 1.29 is 4.74 Å². The lowest BCUT2D eigenvalue weighted by atomic mass is 10.1. The normalized spacial score (nSPS) is 22.3. The third kappa shape index (κ3) is 4.35. The van der Waals surface area contributed by atoms with Crippen LogP contribution in [-0.4, -0.2) is 32.3 Å². The first kappa shape index (κ1) is 15.1. The van der Waals surface area contributed by atoms with Crippen molar-refractivity contribution in [1.29, 1.82) is 0 Å². The lowest BCUT2D eigenvalue weighted by Crippen LogP contribution is -2.33. The molecule has 0 spiro atoms. The summed E-state index contributed by atoms with van der Waals surface area (Å²) >= 11 is 6.46. The van der Waals surface area contributed by atoms with Gasteiger partial charge in [-0.3, -0.25) is 0 Å². The Bertz CT molecular complexity index is 470. The Morgan fingerprint density at radius 1 is 1.29 bits per heavy atom. The fraction of sp³-hybridized carbons (Fsp3) is 0.647. The van der Waals surface area contributed by atoms with Gasteiger partial charge in [-0.15, -0.1) is 0 Å². The molecule has 1 unspecified atom stereocenters. The van der Waals surface area contributed by atoms with Crippen LogP contribution in [0.3, 0.4) is 0 Å². The molecule has 1 aliphatic carbocycles. The second-order valence-electron chi connectivity index (χ2n) is 6.31. The zero-order chi connectivity index (χ0) is 14.7. The zero-order valence-corrected chi connectivity index (χ0v) is 13.5. The molecule has 3 nitrogen and oxygen atoms in total. The van der Waals surface area contributed by atoms with Crippen LogP contribution in [0.1, 0.15) is 37.7 Å². The summed E-state index contributed by atoms with van der Waals surface area (Å²) in [7, 11) is 2.10. The van der Waals surface area contributed by atoms with Crippen molar-refractivity contribution in [3.05, 3.63) is 28.8 Å². The Morgan fingerprint density at radius 3 is 2.81 bits per heavy atom. The third-order valence-corrected chi connectivity index (χ3v) is 4.65. The van der Waals surface area contributed by atoms with Crippen LogP contribution in [-0.2, 0) is 11.3 Å². The molecule has 116 valence electrons. The summed E-state index contributed by atoms with van der Waals surface area (Å²) in [5.41, 5.74) is 2.36. The first-order chi connectivity index (χ1) is 10.2. The second kappa shape index (κ2) is 6.99. The second-order valence-corrected chi connectivity index (χ2v) is 6.72. The Hall–Kier alpha value is -0.770. The van der Waals surface area contributed by atoms with Crippen molar-refractivity contribution in [2.24, 2.45) is 0 Å². The first-order valence-electron chi connectivity index (χ1n) is 8.07. The molecule has 0 amide bonds. The topological polar surface area (TPSA) is 24.5 Å². The van der Waals surface area contributed by atoms with E-state index in [1.807, 2.05) is 0 Å². The number of hydrogen-bond donors (Lipinski definition) is 1. The molecule has 3 rings (SSSR count). The highest BCUT2D eigenvalue weighted by molar-refractivity contribution is 6.33. The molecule has 0 aromatic heterocycles. The van der Waals surface area contributed by atoms with Crippen LogP contribution in [0.15, 0.2) is 18.2 Å². The van der Waals surface area contributed by atoms with Gasteiger partial charge < -0.3 is 15.0 Å². The third-order valence-electron chi connectivity index (χ3n) is 4.35. The molecule has 1 aliphatic heterocycles. The van der Waals surface area contributed by atoms with E-state index in [4.69, 9.17) is 16.3 Å². The van der Waals surface area contributed by atoms with Gasteiger partial charge in [0.2, 0.25) is 0 Å². The fourth-order valence-corrected chi connectivity index (χ4v) is 3.22. The lowest BCUT2D eigenvalue weighted by molar-refractivity contribution is 0.0216. The SMILES string of the molecule is CN(CC1CCCCO1)c1ccc(CNC2CC2)cc1Cl. The molecule has 2 fully saturated rings. The van der Waals surface area contributed by atoms with E-state index in [2.05, 4.69) is 35.5 Å². The van der Waals surface area contributed by atoms with Crippen molar-refractivity contribution in [1.82, 2.24) is 5.32 Å². The molecule has 0 radical (unpaired) electrons. The maximum atomic E-state index is 6.46. The van der Waals surface area contributed by atoms with Crippen LogP contribution in [0.25, 0.3) is 0 Å². The molecule has 2 aliphatic rings. The molecule has 1 heterocycles. The highest BCUT2D eigenvalue weighted by Crippen LogP contribution is 2.28. The minimum Gasteiger partial charge on any atom is -0.376 e. The fourth-order valence-electron chi connectivity index (χ4n) is 2.87. The van der Waals surface area contributed by atoms with Crippen LogP contribution >= 0.6 is 11.6 Å². The van der Waals surface area contributed by atoms with Gasteiger partial charge in [0.25, 0.3) is 0 Å². The summed E-state index contributed by atoms with van der Waals surface area (Å²) in [5, 5.41) is 4.36. The predicted molar refractivity (Wildman–Crippen MR) is 88.2 cm³/mol. The summed E-state index contributed by atoms with van der Waals surface area (Å²) in [6.07, 6.45) is 6.61. The Balaban J connectivity index is 1.57. The van der Waals surface area contributed by atoms with E-state index in [1.54, 1.807) is 0 Å². The maximum Gasteiger partial charge on any atom is 0.0749 e. The van der Waals surface area contributed by atoms with Gasteiger partial charge in [0, 0.05) is 32.8 Å². The van der Waals surface area contributed by atoms with Gasteiger partial charge in [-0.1, -0.05) is 17.7 Å². The van der Waals surface area contributed by atoms with Crippen LogP contribution < -0.4 is 10.2 Å². The van der Waals surface area contributed by atoms with Gasteiger partial charge in [-0.05, 0) is 49.8 Å². The first-order valence-corrected chi connectivity index (χ1v) is 8.45. The number of nitrogens with zero attached hydrogens (tertiary/aromatic N) is 1. The van der Waals surface area contributed by atoms with Crippen LogP contribution in [0.5, 0.6) is 0 Å². The molecule has 1 saturated carbocycles. The standard InChI is InChI=1S/C17H25ClN2O/c1-20(12-15-4-2-3-9-21-15)17-8-5-13(10-16(17)18)11-19-14-6-7-14/h5,8,10,14-15,19H,2-4,6-7,9,11-12H2,1H3. The number of likely N-dealkylation sites (N-methyl/N-ethyl adjacent to an activating group) is 1. The number of nitrogens with one attached hydrogen (secondary N) is 1. The van der Waals surface area contributed by atoms with E-state index in [-0.39, 0.29) is 0 Å². The molecular formula is C17H25ClN2O. The predicted octanol–water partition coefficient (Wildman–Crippen LogP) is 3.60. The molecule has 1 aromatic carbocycles. The quantitative estimate of drug-likeness (QED) is 0.869. The van der Waals surface area contributed by atoms with Crippen molar-refractivity contribution in [2.45, 2.75) is 50.8 Å². The number of rotatable bonds is 6. The number of halogens is 1. The van der Waals surface area contributed by atoms with Crippen LogP contribution in [0, 0.1) is 0 Å². The molecule has 1 saturated heterocycles. The summed E-state index contributed by atoms with van der Waals surface area (Å²) in [6.45, 7) is 2.73. The highest BCUT2D eigenvalue weighted by Gasteiger charge is 2.20. The van der Waals surface area contributed by atoms with Gasteiger partial charge >= 0.3 is 0 Å². The van der Waals surface area contributed by atoms with Gasteiger partial charge in [0.1, 0.15) is 0 Å². The van der Waals surface area contributed by atoms with E-state index >= 15 is 0 Å². The highest BCUT2D eigenvalue weighted by atomic mass is 35.5. The van der Waals surface area contributed by atoms with Gasteiger partial charge in [-0.2, -0.15) is 0 Å². The van der Waals surface area contributed by atoms with Crippen molar-refractivity contribution in [3.8, 4) is 0 Å². The Labute approximate surface area is 132 Å². The Kier molecular flexibility index (Phi) is 5.04. The summed E-state index contributed by atoms with van der Waals surface area (Å²) in [6, 6.07) is 7.13. The average Bonchev–Trinajstić information content (AvgIpc) is 3.30. The minimum atomic E-state index is 0.344. The van der Waals surface area contributed by atoms with Crippen molar-refractivity contribution in [3.63, 3.8) is 0 Å². The number of ether oxygens (including phenoxy) is 1. The molecule has 1 aromatic rings. The molecule has 21 heavy (non-hydrogen) atoms. The number of benzene rings is 1. The summed E-state index contributed by atoms with van der Waals surface area (Å²) in [4.78, 5) is 2.22. The van der Waals surface area contributed by atoms with Gasteiger partial charge in [-0.25, -0.2) is 0 Å². The number of anilines is 1. The summed E-state index contributed by atoms with van der Waals surface area (Å²) < 4.78 is 5.81. The monoisotopic (exact) mass is 308 g/mol. The van der Waals surface area contributed by atoms with E-state index in [9.17, 15) is 0 Å². The molecule has 1 atom stereocenters. The minimum absolute atomic E-state index is 0.344. The lowest BCUT2D eigenvalue weighted by Gasteiger charge is -2.29. The van der Waals surface area contributed by atoms with E-state index in [0.29, 0.717) is 6.10 Å². The Morgan fingerprint density at radius 2 is 2.14 bits per heavy atom. The molecule has 1 N–H and O–H groups in total. The smallest absolute Gasteiger partial charge is 0.0749 e. The molecule has 4 heteroatoms. The van der Waals surface area contributed by atoms with E-state index in [1.165, 1.54) is 31.2 Å².